The van der Waals surface area contributed by atoms with Crippen molar-refractivity contribution in [1.82, 2.24) is 0 Å². The summed E-state index contributed by atoms with van der Waals surface area (Å²) >= 11 is 6.64. The van der Waals surface area contributed by atoms with Gasteiger partial charge in [0.05, 0.1) is 11.5 Å². The highest BCUT2D eigenvalue weighted by Crippen LogP contribution is 2.40. The number of rotatable bonds is 6. The zero-order valence-electron chi connectivity index (χ0n) is 16.6. The number of aryl methyl sites for hydroxylation is 1. The van der Waals surface area contributed by atoms with Crippen molar-refractivity contribution in [1.29, 1.82) is 0 Å². The molecule has 0 spiro atoms. The van der Waals surface area contributed by atoms with Gasteiger partial charge < -0.3 is 15.4 Å². The number of nitro benzene ring substituents is 1. The minimum atomic E-state index is -0.944. The summed E-state index contributed by atoms with van der Waals surface area (Å²) in [5.41, 5.74) is 1.52. The number of benzene rings is 2. The van der Waals surface area contributed by atoms with Gasteiger partial charge in [0.25, 0.3) is 0 Å². The van der Waals surface area contributed by atoms with Gasteiger partial charge in [-0.05, 0) is 43.8 Å². The SMILES string of the molecule is CCOC(=O)c1c(NC(=S)Nc2ccc(F)c([N+](=O)[O-])c2)sc(C)c1-c1ccccc1. The quantitative estimate of drug-likeness (QED) is 0.210. The number of hydrogen-bond donors (Lipinski definition) is 2. The Labute approximate surface area is 187 Å². The third-order valence-electron chi connectivity index (χ3n) is 4.25. The van der Waals surface area contributed by atoms with Gasteiger partial charge in [-0.25, -0.2) is 4.79 Å². The van der Waals surface area contributed by atoms with Crippen LogP contribution in [-0.4, -0.2) is 22.6 Å². The van der Waals surface area contributed by atoms with Crippen molar-refractivity contribution in [3.05, 3.63) is 74.9 Å². The summed E-state index contributed by atoms with van der Waals surface area (Å²) in [6.07, 6.45) is 0. The fraction of sp³-hybridized carbons (Fsp3) is 0.143. The number of thiophene rings is 1. The molecule has 0 unspecified atom stereocenters. The summed E-state index contributed by atoms with van der Waals surface area (Å²) in [6.45, 7) is 3.82. The van der Waals surface area contributed by atoms with Crippen molar-refractivity contribution in [2.24, 2.45) is 0 Å². The van der Waals surface area contributed by atoms with Crippen molar-refractivity contribution < 1.29 is 18.8 Å². The van der Waals surface area contributed by atoms with Crippen LogP contribution in [0.3, 0.4) is 0 Å². The summed E-state index contributed by atoms with van der Waals surface area (Å²) in [7, 11) is 0. The van der Waals surface area contributed by atoms with Crippen LogP contribution >= 0.6 is 23.6 Å². The van der Waals surface area contributed by atoms with E-state index in [2.05, 4.69) is 10.6 Å². The van der Waals surface area contributed by atoms with Gasteiger partial charge in [0.2, 0.25) is 5.82 Å². The molecule has 0 atom stereocenters. The van der Waals surface area contributed by atoms with E-state index in [-0.39, 0.29) is 17.4 Å². The molecule has 10 heteroatoms. The van der Waals surface area contributed by atoms with Crippen LogP contribution in [0.1, 0.15) is 22.2 Å². The second kappa shape index (κ2) is 9.63. The molecule has 0 saturated carbocycles. The van der Waals surface area contributed by atoms with Crippen LogP contribution in [0.2, 0.25) is 0 Å². The van der Waals surface area contributed by atoms with Gasteiger partial charge in [0, 0.05) is 22.2 Å². The Morgan fingerprint density at radius 3 is 2.58 bits per heavy atom. The maximum absolute atomic E-state index is 13.6. The third-order valence-corrected chi connectivity index (χ3v) is 5.48. The molecule has 2 N–H and O–H groups in total. The Kier molecular flexibility index (Phi) is 6.93. The number of carbonyl (C=O) groups is 1. The fourth-order valence-corrected chi connectivity index (χ4v) is 4.33. The lowest BCUT2D eigenvalue weighted by atomic mass is 10.0. The van der Waals surface area contributed by atoms with Crippen molar-refractivity contribution in [3.63, 3.8) is 0 Å². The van der Waals surface area contributed by atoms with Crippen molar-refractivity contribution in [2.75, 3.05) is 17.2 Å². The zero-order chi connectivity index (χ0) is 22.5. The maximum atomic E-state index is 13.6. The van der Waals surface area contributed by atoms with Crippen LogP contribution in [0.5, 0.6) is 0 Å². The highest BCUT2D eigenvalue weighted by atomic mass is 32.1. The zero-order valence-corrected chi connectivity index (χ0v) is 18.2. The molecule has 0 aliphatic rings. The fourth-order valence-electron chi connectivity index (χ4n) is 2.98. The highest BCUT2D eigenvalue weighted by Gasteiger charge is 2.25. The van der Waals surface area contributed by atoms with E-state index in [0.29, 0.717) is 10.6 Å². The van der Waals surface area contributed by atoms with Gasteiger partial charge in [0.15, 0.2) is 5.11 Å². The summed E-state index contributed by atoms with van der Waals surface area (Å²) < 4.78 is 18.8. The first-order chi connectivity index (χ1) is 14.8. The number of anilines is 2. The standard InChI is InChI=1S/C21H18FN3O4S2/c1-3-29-20(26)18-17(13-7-5-4-6-8-13)12(2)31-19(18)24-21(30)23-14-9-10-15(22)16(11-14)25(27)28/h4-11H,3H2,1-2H3,(H2,23,24,30). The van der Waals surface area contributed by atoms with Gasteiger partial charge in [-0.3, -0.25) is 10.1 Å². The van der Waals surface area contributed by atoms with E-state index in [0.717, 1.165) is 28.1 Å². The predicted molar refractivity (Wildman–Crippen MR) is 123 cm³/mol. The first kappa shape index (κ1) is 22.3. The molecule has 0 amide bonds. The molecular weight excluding hydrogens is 441 g/mol. The van der Waals surface area contributed by atoms with Gasteiger partial charge in [-0.1, -0.05) is 30.3 Å². The van der Waals surface area contributed by atoms with Crippen LogP contribution in [0.15, 0.2) is 48.5 Å². The Hall–Kier alpha value is -3.37. The molecule has 160 valence electrons. The van der Waals surface area contributed by atoms with Gasteiger partial charge >= 0.3 is 11.7 Å². The van der Waals surface area contributed by atoms with Crippen LogP contribution in [0.4, 0.5) is 20.8 Å². The minimum absolute atomic E-state index is 0.0901. The van der Waals surface area contributed by atoms with E-state index < -0.39 is 22.4 Å². The molecule has 0 aliphatic carbocycles. The number of nitrogens with one attached hydrogen (secondary N) is 2. The lowest BCUT2D eigenvalue weighted by molar-refractivity contribution is -0.387. The molecule has 1 heterocycles. The number of nitrogens with zero attached hydrogens (tertiary/aromatic N) is 1. The molecule has 3 rings (SSSR count). The molecule has 0 saturated heterocycles. The molecule has 2 aromatic carbocycles. The second-order valence-electron chi connectivity index (χ2n) is 6.33. The van der Waals surface area contributed by atoms with E-state index in [4.69, 9.17) is 17.0 Å². The van der Waals surface area contributed by atoms with Crippen LogP contribution in [-0.2, 0) is 4.74 Å². The van der Waals surface area contributed by atoms with Gasteiger partial charge in [0.1, 0.15) is 10.6 Å². The first-order valence-corrected chi connectivity index (χ1v) is 10.4. The first-order valence-electron chi connectivity index (χ1n) is 9.19. The topological polar surface area (TPSA) is 93.5 Å². The van der Waals surface area contributed by atoms with Gasteiger partial charge in [-0.2, -0.15) is 4.39 Å². The molecule has 3 aromatic rings. The average Bonchev–Trinajstić information content (AvgIpc) is 3.05. The summed E-state index contributed by atoms with van der Waals surface area (Å²) in [5.74, 6) is -1.44. The molecular formula is C21H18FN3O4S2. The van der Waals surface area contributed by atoms with Crippen LogP contribution in [0.25, 0.3) is 11.1 Å². The van der Waals surface area contributed by atoms with E-state index >= 15 is 0 Å². The monoisotopic (exact) mass is 459 g/mol. The lowest BCUT2D eigenvalue weighted by Gasteiger charge is -2.12. The normalized spacial score (nSPS) is 10.4. The number of halogens is 1. The third kappa shape index (κ3) is 5.04. The minimum Gasteiger partial charge on any atom is -0.462 e. The van der Waals surface area contributed by atoms with E-state index in [1.165, 1.54) is 17.4 Å². The van der Waals surface area contributed by atoms with Crippen LogP contribution in [0, 0.1) is 22.9 Å². The number of thiocarbonyl (C=S) groups is 1. The molecule has 0 bridgehead atoms. The summed E-state index contributed by atoms with van der Waals surface area (Å²) in [4.78, 5) is 23.8. The Morgan fingerprint density at radius 2 is 1.94 bits per heavy atom. The number of hydrogen-bond acceptors (Lipinski definition) is 6. The Morgan fingerprint density at radius 1 is 1.23 bits per heavy atom. The second-order valence-corrected chi connectivity index (χ2v) is 7.96. The smallest absolute Gasteiger partial charge is 0.341 e. The summed E-state index contributed by atoms with van der Waals surface area (Å²) in [5, 5.41) is 17.3. The van der Waals surface area contributed by atoms with Gasteiger partial charge in [-0.15, -0.1) is 11.3 Å². The van der Waals surface area contributed by atoms with Crippen LogP contribution < -0.4 is 10.6 Å². The van der Waals surface area contributed by atoms with Crippen molar-refractivity contribution in [3.8, 4) is 11.1 Å². The highest BCUT2D eigenvalue weighted by molar-refractivity contribution is 7.80. The molecule has 0 aliphatic heterocycles. The Balaban J connectivity index is 1.92. The lowest BCUT2D eigenvalue weighted by Crippen LogP contribution is -2.20. The maximum Gasteiger partial charge on any atom is 0.341 e. The molecule has 1 aromatic heterocycles. The van der Waals surface area contributed by atoms with Crippen molar-refractivity contribution >= 4 is 51.0 Å². The van der Waals surface area contributed by atoms with E-state index in [9.17, 15) is 19.3 Å². The number of nitro groups is 1. The summed E-state index contributed by atoms with van der Waals surface area (Å²) in [6, 6.07) is 12.8. The average molecular weight is 460 g/mol. The number of ether oxygens (including phenoxy) is 1. The predicted octanol–water partition coefficient (Wildman–Crippen LogP) is 5.76. The van der Waals surface area contributed by atoms with E-state index in [1.807, 2.05) is 37.3 Å². The molecule has 0 radical (unpaired) electrons. The largest absolute Gasteiger partial charge is 0.462 e. The molecule has 7 nitrogen and oxygen atoms in total. The van der Waals surface area contributed by atoms with E-state index in [1.54, 1.807) is 6.92 Å². The molecule has 31 heavy (non-hydrogen) atoms. The van der Waals surface area contributed by atoms with Crippen molar-refractivity contribution in [2.45, 2.75) is 13.8 Å². The number of carbonyl (C=O) groups excluding carboxylic acids is 1. The molecule has 0 fully saturated rings. The Bertz CT molecular complexity index is 1150. The number of esters is 1.